The Hall–Kier alpha value is -3.86. The molecule has 0 fully saturated rings. The molecule has 3 aromatic carbocycles. The van der Waals surface area contributed by atoms with Gasteiger partial charge < -0.3 is 10.2 Å². The van der Waals surface area contributed by atoms with Gasteiger partial charge in [-0.2, -0.15) is 0 Å². The van der Waals surface area contributed by atoms with E-state index in [-0.39, 0.29) is 17.5 Å². The maximum atomic E-state index is 13.4. The summed E-state index contributed by atoms with van der Waals surface area (Å²) >= 11 is 0. The van der Waals surface area contributed by atoms with Gasteiger partial charge in [0.1, 0.15) is 5.70 Å². The molecule has 0 aliphatic carbocycles. The van der Waals surface area contributed by atoms with Crippen molar-refractivity contribution in [1.29, 1.82) is 0 Å². The molecule has 1 aliphatic heterocycles. The molecule has 0 saturated carbocycles. The van der Waals surface area contributed by atoms with Gasteiger partial charge in [0, 0.05) is 25.5 Å². The van der Waals surface area contributed by atoms with Gasteiger partial charge in [-0.3, -0.25) is 9.59 Å². The van der Waals surface area contributed by atoms with Crippen LogP contribution < -0.4 is 15.1 Å². The van der Waals surface area contributed by atoms with Crippen LogP contribution in [-0.2, 0) is 9.59 Å². The van der Waals surface area contributed by atoms with Crippen molar-refractivity contribution in [3.05, 3.63) is 96.2 Å². The molecule has 0 radical (unpaired) electrons. The lowest BCUT2D eigenvalue weighted by Crippen LogP contribution is -2.32. The Kier molecular flexibility index (Phi) is 4.87. The van der Waals surface area contributed by atoms with Crippen molar-refractivity contribution in [2.45, 2.75) is 0 Å². The SMILES string of the molecule is CN(C)c1cccc(N2C(=O)C(Nc3ccccc3)=C(c3ccccc3)C2=O)c1. The number of hydrogen-bond donors (Lipinski definition) is 1. The Labute approximate surface area is 169 Å². The molecule has 0 unspecified atom stereocenters. The number of nitrogens with zero attached hydrogens (tertiary/aromatic N) is 2. The Morgan fingerprint density at radius 3 is 2.07 bits per heavy atom. The standard InChI is InChI=1S/C24H21N3O2/c1-26(2)19-14-9-15-20(16-19)27-23(28)21(17-10-5-3-6-11-17)22(24(27)29)25-18-12-7-4-8-13-18/h3-16,25H,1-2H3. The van der Waals surface area contributed by atoms with Crippen molar-refractivity contribution in [2.24, 2.45) is 0 Å². The van der Waals surface area contributed by atoms with E-state index in [0.717, 1.165) is 11.4 Å². The van der Waals surface area contributed by atoms with Crippen molar-refractivity contribution >= 4 is 34.4 Å². The fourth-order valence-corrected chi connectivity index (χ4v) is 3.33. The predicted molar refractivity (Wildman–Crippen MR) is 117 cm³/mol. The quantitative estimate of drug-likeness (QED) is 0.673. The number of para-hydroxylation sites is 1. The zero-order valence-corrected chi connectivity index (χ0v) is 16.3. The monoisotopic (exact) mass is 383 g/mol. The Morgan fingerprint density at radius 1 is 0.759 bits per heavy atom. The summed E-state index contributed by atoms with van der Waals surface area (Å²) in [6.45, 7) is 0. The summed E-state index contributed by atoms with van der Waals surface area (Å²) in [5, 5.41) is 3.16. The number of amides is 2. The second-order valence-corrected chi connectivity index (χ2v) is 6.97. The molecule has 3 aromatic rings. The molecule has 5 heteroatoms. The van der Waals surface area contributed by atoms with Crippen LogP contribution in [0.15, 0.2) is 90.6 Å². The minimum atomic E-state index is -0.367. The first-order valence-electron chi connectivity index (χ1n) is 9.34. The molecular weight excluding hydrogens is 362 g/mol. The summed E-state index contributed by atoms with van der Waals surface area (Å²) in [6.07, 6.45) is 0. The molecule has 1 heterocycles. The molecule has 1 aliphatic rings. The Balaban J connectivity index is 1.81. The van der Waals surface area contributed by atoms with Gasteiger partial charge in [0.05, 0.1) is 11.3 Å². The summed E-state index contributed by atoms with van der Waals surface area (Å²) in [5.74, 6) is -0.704. The number of benzene rings is 3. The van der Waals surface area contributed by atoms with Crippen LogP contribution >= 0.6 is 0 Å². The topological polar surface area (TPSA) is 52.6 Å². The fourth-order valence-electron chi connectivity index (χ4n) is 3.33. The van der Waals surface area contributed by atoms with E-state index in [1.807, 2.05) is 97.9 Å². The van der Waals surface area contributed by atoms with E-state index in [1.54, 1.807) is 6.07 Å². The molecule has 2 amide bonds. The van der Waals surface area contributed by atoms with E-state index in [0.29, 0.717) is 16.8 Å². The predicted octanol–water partition coefficient (Wildman–Crippen LogP) is 4.15. The van der Waals surface area contributed by atoms with Gasteiger partial charge in [0.15, 0.2) is 0 Å². The highest BCUT2D eigenvalue weighted by molar-refractivity contribution is 6.46. The highest BCUT2D eigenvalue weighted by Crippen LogP contribution is 2.34. The number of hydrogen-bond acceptors (Lipinski definition) is 4. The van der Waals surface area contributed by atoms with E-state index in [9.17, 15) is 9.59 Å². The van der Waals surface area contributed by atoms with Crippen molar-refractivity contribution in [1.82, 2.24) is 0 Å². The van der Waals surface area contributed by atoms with Crippen LogP contribution in [0.2, 0.25) is 0 Å². The van der Waals surface area contributed by atoms with E-state index >= 15 is 0 Å². The first-order valence-corrected chi connectivity index (χ1v) is 9.34. The molecule has 1 N–H and O–H groups in total. The lowest BCUT2D eigenvalue weighted by molar-refractivity contribution is -0.120. The minimum Gasteiger partial charge on any atom is -0.378 e. The third kappa shape index (κ3) is 3.50. The van der Waals surface area contributed by atoms with E-state index in [1.165, 1.54) is 4.90 Å². The zero-order valence-electron chi connectivity index (χ0n) is 16.3. The average Bonchev–Trinajstić information content (AvgIpc) is 2.99. The number of rotatable bonds is 5. The highest BCUT2D eigenvalue weighted by atomic mass is 16.2. The molecule has 0 bridgehead atoms. The largest absolute Gasteiger partial charge is 0.378 e. The van der Waals surface area contributed by atoms with Crippen molar-refractivity contribution in [3.63, 3.8) is 0 Å². The second-order valence-electron chi connectivity index (χ2n) is 6.97. The normalized spacial score (nSPS) is 13.8. The number of nitrogens with one attached hydrogen (secondary N) is 1. The molecule has 4 rings (SSSR count). The van der Waals surface area contributed by atoms with Crippen LogP contribution in [0.4, 0.5) is 17.1 Å². The molecule has 0 aromatic heterocycles. The van der Waals surface area contributed by atoms with Crippen LogP contribution in [-0.4, -0.2) is 25.9 Å². The molecular formula is C24H21N3O2. The van der Waals surface area contributed by atoms with Gasteiger partial charge in [-0.15, -0.1) is 0 Å². The molecule has 0 saturated heterocycles. The number of anilines is 3. The number of imide groups is 1. The molecule has 144 valence electrons. The maximum absolute atomic E-state index is 13.4. The first-order chi connectivity index (χ1) is 14.1. The maximum Gasteiger partial charge on any atom is 0.282 e. The van der Waals surface area contributed by atoms with Gasteiger partial charge in [-0.1, -0.05) is 54.6 Å². The van der Waals surface area contributed by atoms with E-state index in [4.69, 9.17) is 0 Å². The van der Waals surface area contributed by atoms with Gasteiger partial charge in [0.2, 0.25) is 0 Å². The summed E-state index contributed by atoms with van der Waals surface area (Å²) < 4.78 is 0. The average molecular weight is 383 g/mol. The highest BCUT2D eigenvalue weighted by Gasteiger charge is 2.40. The van der Waals surface area contributed by atoms with E-state index in [2.05, 4.69) is 5.32 Å². The van der Waals surface area contributed by atoms with Crippen LogP contribution in [0.25, 0.3) is 5.57 Å². The van der Waals surface area contributed by atoms with Crippen molar-refractivity contribution in [3.8, 4) is 0 Å². The van der Waals surface area contributed by atoms with Crippen LogP contribution in [0.1, 0.15) is 5.56 Å². The van der Waals surface area contributed by atoms with Crippen molar-refractivity contribution in [2.75, 3.05) is 29.2 Å². The molecule has 5 nitrogen and oxygen atoms in total. The van der Waals surface area contributed by atoms with E-state index < -0.39 is 0 Å². The van der Waals surface area contributed by atoms with Crippen LogP contribution in [0.3, 0.4) is 0 Å². The first kappa shape index (κ1) is 18.5. The number of carbonyl (C=O) groups is 2. The Morgan fingerprint density at radius 2 is 1.41 bits per heavy atom. The summed E-state index contributed by atoms with van der Waals surface area (Å²) in [6, 6.07) is 26.1. The fraction of sp³-hybridized carbons (Fsp3) is 0.0833. The van der Waals surface area contributed by atoms with Crippen LogP contribution in [0.5, 0.6) is 0 Å². The van der Waals surface area contributed by atoms with Gasteiger partial charge >= 0.3 is 0 Å². The smallest absolute Gasteiger partial charge is 0.282 e. The van der Waals surface area contributed by atoms with Crippen LogP contribution in [0, 0.1) is 0 Å². The number of carbonyl (C=O) groups excluding carboxylic acids is 2. The summed E-state index contributed by atoms with van der Waals surface area (Å²) in [5.41, 5.74) is 3.56. The van der Waals surface area contributed by atoms with Crippen molar-refractivity contribution < 1.29 is 9.59 Å². The van der Waals surface area contributed by atoms with Gasteiger partial charge in [-0.25, -0.2) is 4.90 Å². The zero-order chi connectivity index (χ0) is 20.4. The Bertz CT molecular complexity index is 1090. The third-order valence-corrected chi connectivity index (χ3v) is 4.79. The van der Waals surface area contributed by atoms with Gasteiger partial charge in [-0.05, 0) is 35.9 Å². The molecule has 0 spiro atoms. The lowest BCUT2D eigenvalue weighted by Gasteiger charge is -2.19. The summed E-state index contributed by atoms with van der Waals surface area (Å²) in [4.78, 5) is 29.9. The second kappa shape index (κ2) is 7.64. The molecule has 29 heavy (non-hydrogen) atoms. The third-order valence-electron chi connectivity index (χ3n) is 4.79. The molecule has 0 atom stereocenters. The minimum absolute atomic E-state index is 0.280. The van der Waals surface area contributed by atoms with Gasteiger partial charge in [0.25, 0.3) is 11.8 Å². The summed E-state index contributed by atoms with van der Waals surface area (Å²) in [7, 11) is 3.84. The lowest BCUT2D eigenvalue weighted by atomic mass is 10.0.